The first kappa shape index (κ1) is 38.9. The number of carbonyl (C=O) groups excluding carboxylic acids is 3. The normalized spacial score (nSPS) is 13.3. The first-order chi connectivity index (χ1) is 16.8. The van der Waals surface area contributed by atoms with Gasteiger partial charge in [-0.15, -0.1) is 0 Å². The average Bonchev–Trinajstić information content (AvgIpc) is 2.76. The number of rotatable bonds is 18. The molecule has 0 heterocycles. The van der Waals surface area contributed by atoms with Gasteiger partial charge in [0, 0.05) is 17.8 Å². The molecule has 3 atom stereocenters. The van der Waals surface area contributed by atoms with E-state index in [2.05, 4.69) is 20.8 Å². The fourth-order valence-electron chi connectivity index (χ4n) is 4.04. The van der Waals surface area contributed by atoms with Crippen molar-refractivity contribution in [1.82, 2.24) is 0 Å². The Hall–Kier alpha value is -1.67. The minimum absolute atomic E-state index is 0.0246. The van der Waals surface area contributed by atoms with Crippen molar-refractivity contribution >= 4 is 17.7 Å². The maximum atomic E-state index is 11.0. The molecule has 0 saturated carbocycles. The molecule has 1 unspecified atom stereocenters. The van der Waals surface area contributed by atoms with E-state index in [1.165, 1.54) is 12.8 Å². The van der Waals surface area contributed by atoms with Crippen LogP contribution in [0.4, 0.5) is 0 Å². The van der Waals surface area contributed by atoms with Crippen LogP contribution in [0.3, 0.4) is 0 Å². The first-order valence-corrected chi connectivity index (χ1v) is 14.1. The molecule has 10 N–H and O–H groups in total. The summed E-state index contributed by atoms with van der Waals surface area (Å²) in [6.45, 7) is 15.8. The number of amides is 3. The Bertz CT molecular complexity index is 477. The van der Waals surface area contributed by atoms with Crippen molar-refractivity contribution in [2.24, 2.45) is 64.2 Å². The van der Waals surface area contributed by atoms with Crippen LogP contribution in [-0.4, -0.2) is 30.8 Å². The van der Waals surface area contributed by atoms with Gasteiger partial charge in [-0.2, -0.15) is 0 Å². The molecule has 0 aliphatic heterocycles. The van der Waals surface area contributed by atoms with Crippen LogP contribution in [0, 0.1) is 35.5 Å². The Kier molecular flexibility index (Phi) is 27.0. The summed E-state index contributed by atoms with van der Waals surface area (Å²) in [6.07, 6.45) is 10.2. The maximum Gasteiger partial charge on any atom is 0.220 e. The Balaban J connectivity index is -0.000000454. The molecule has 0 aromatic rings. The SMILES string of the molecule is CC(C)[C@@H](CCCCN)C(N)=O.CC(C)[C@H](CCCCN)C(N)=O.CCCCCC(C(N)=O)C(C)C. The van der Waals surface area contributed by atoms with Gasteiger partial charge in [-0.3, -0.25) is 14.4 Å². The van der Waals surface area contributed by atoms with Crippen LogP contribution < -0.4 is 28.7 Å². The second-order valence-corrected chi connectivity index (χ2v) is 10.8. The van der Waals surface area contributed by atoms with Crippen LogP contribution in [0.5, 0.6) is 0 Å². The predicted octanol–water partition coefficient (Wildman–Crippen LogP) is 4.07. The van der Waals surface area contributed by atoms with E-state index in [4.69, 9.17) is 28.7 Å². The monoisotopic (exact) mass is 515 g/mol. The van der Waals surface area contributed by atoms with Crippen LogP contribution in [-0.2, 0) is 14.4 Å². The second-order valence-electron chi connectivity index (χ2n) is 10.8. The second kappa shape index (κ2) is 25.0. The molecule has 0 aromatic carbocycles. The van der Waals surface area contributed by atoms with E-state index >= 15 is 0 Å². The quantitative estimate of drug-likeness (QED) is 0.172. The minimum atomic E-state index is -0.179. The summed E-state index contributed by atoms with van der Waals surface area (Å²) in [4.78, 5) is 32.8. The largest absolute Gasteiger partial charge is 0.369 e. The molecule has 3 amide bonds. The lowest BCUT2D eigenvalue weighted by Gasteiger charge is -2.16. The zero-order chi connectivity index (χ0) is 28.7. The van der Waals surface area contributed by atoms with Gasteiger partial charge in [0.15, 0.2) is 0 Å². The molecular formula is C28H61N5O3. The van der Waals surface area contributed by atoms with Crippen molar-refractivity contribution in [1.29, 1.82) is 0 Å². The molecule has 0 aliphatic rings. The first-order valence-electron chi connectivity index (χ1n) is 14.1. The molecule has 36 heavy (non-hydrogen) atoms. The summed E-state index contributed by atoms with van der Waals surface area (Å²) in [7, 11) is 0. The third kappa shape index (κ3) is 22.8. The number of carbonyl (C=O) groups is 3. The zero-order valence-corrected chi connectivity index (χ0v) is 24.6. The summed E-state index contributed by atoms with van der Waals surface area (Å²) in [6, 6.07) is 0. The van der Waals surface area contributed by atoms with Crippen LogP contribution in [0.15, 0.2) is 0 Å². The fourth-order valence-corrected chi connectivity index (χ4v) is 4.04. The van der Waals surface area contributed by atoms with Crippen molar-refractivity contribution < 1.29 is 14.4 Å². The predicted molar refractivity (Wildman–Crippen MR) is 153 cm³/mol. The molecule has 0 aliphatic carbocycles. The molecule has 216 valence electrons. The van der Waals surface area contributed by atoms with E-state index in [9.17, 15) is 14.4 Å². The van der Waals surface area contributed by atoms with Crippen molar-refractivity contribution in [2.75, 3.05) is 13.1 Å². The summed E-state index contributed by atoms with van der Waals surface area (Å²) >= 11 is 0. The molecule has 0 spiro atoms. The van der Waals surface area contributed by atoms with Gasteiger partial charge < -0.3 is 28.7 Å². The summed E-state index contributed by atoms with van der Waals surface area (Å²) in [5.41, 5.74) is 26.5. The van der Waals surface area contributed by atoms with Gasteiger partial charge in [-0.1, -0.05) is 80.6 Å². The Morgan fingerprint density at radius 1 is 0.500 bits per heavy atom. The van der Waals surface area contributed by atoms with Crippen LogP contribution >= 0.6 is 0 Å². The highest BCUT2D eigenvalue weighted by Gasteiger charge is 2.19. The molecule has 0 rings (SSSR count). The van der Waals surface area contributed by atoms with Crippen molar-refractivity contribution in [3.05, 3.63) is 0 Å². The lowest BCUT2D eigenvalue weighted by molar-refractivity contribution is -0.124. The van der Waals surface area contributed by atoms with Gasteiger partial charge >= 0.3 is 0 Å². The maximum absolute atomic E-state index is 11.0. The van der Waals surface area contributed by atoms with E-state index in [1.807, 2.05) is 27.7 Å². The van der Waals surface area contributed by atoms with Crippen molar-refractivity contribution in [3.63, 3.8) is 0 Å². The van der Waals surface area contributed by atoms with E-state index in [-0.39, 0.29) is 35.5 Å². The third-order valence-corrected chi connectivity index (χ3v) is 6.57. The third-order valence-electron chi connectivity index (χ3n) is 6.57. The van der Waals surface area contributed by atoms with Gasteiger partial charge in [-0.05, 0) is 62.9 Å². The molecular weight excluding hydrogens is 454 g/mol. The van der Waals surface area contributed by atoms with Crippen molar-refractivity contribution in [2.45, 2.75) is 113 Å². The van der Waals surface area contributed by atoms with Gasteiger partial charge in [-0.25, -0.2) is 0 Å². The summed E-state index contributed by atoms with van der Waals surface area (Å²) in [5.74, 6) is 0.717. The van der Waals surface area contributed by atoms with Gasteiger partial charge in [0.25, 0.3) is 0 Å². The van der Waals surface area contributed by atoms with E-state index in [0.717, 1.165) is 51.4 Å². The van der Waals surface area contributed by atoms with E-state index < -0.39 is 0 Å². The molecule has 8 heteroatoms. The zero-order valence-electron chi connectivity index (χ0n) is 24.6. The van der Waals surface area contributed by atoms with Gasteiger partial charge in [0.05, 0.1) is 0 Å². The number of nitrogens with two attached hydrogens (primary N) is 5. The molecule has 0 bridgehead atoms. The van der Waals surface area contributed by atoms with Gasteiger partial charge in [0.2, 0.25) is 17.7 Å². The van der Waals surface area contributed by atoms with Crippen LogP contribution in [0.1, 0.15) is 113 Å². The summed E-state index contributed by atoms with van der Waals surface area (Å²) < 4.78 is 0. The highest BCUT2D eigenvalue weighted by Crippen LogP contribution is 2.19. The van der Waals surface area contributed by atoms with Crippen molar-refractivity contribution in [3.8, 4) is 0 Å². The van der Waals surface area contributed by atoms with Gasteiger partial charge in [0.1, 0.15) is 0 Å². The van der Waals surface area contributed by atoms with E-state index in [1.54, 1.807) is 0 Å². The molecule has 0 fully saturated rings. The Morgan fingerprint density at radius 2 is 0.750 bits per heavy atom. The molecule has 0 saturated heterocycles. The summed E-state index contributed by atoms with van der Waals surface area (Å²) in [5, 5.41) is 0. The molecule has 0 aromatic heterocycles. The number of hydrogen-bond acceptors (Lipinski definition) is 5. The lowest BCUT2D eigenvalue weighted by atomic mass is 9.90. The average molecular weight is 516 g/mol. The smallest absolute Gasteiger partial charge is 0.220 e. The lowest BCUT2D eigenvalue weighted by Crippen LogP contribution is -2.27. The highest BCUT2D eigenvalue weighted by atomic mass is 16.2. The van der Waals surface area contributed by atoms with Crippen LogP contribution in [0.25, 0.3) is 0 Å². The Morgan fingerprint density at radius 3 is 0.917 bits per heavy atom. The molecule has 0 radical (unpaired) electrons. The highest BCUT2D eigenvalue weighted by molar-refractivity contribution is 5.77. The van der Waals surface area contributed by atoms with Crippen LogP contribution in [0.2, 0.25) is 0 Å². The topological polar surface area (TPSA) is 181 Å². The fraction of sp³-hybridized carbons (Fsp3) is 0.893. The number of unbranched alkanes of at least 4 members (excludes halogenated alkanes) is 4. The standard InChI is InChI=1S/C10H21NO.2C9H20N2O/c1-4-5-6-7-9(8(2)3)10(11)12;2*1-7(2)8(9(11)12)5-3-4-6-10/h8-9H,4-7H2,1-3H3,(H2,11,12);2*7-8H,3-6,10H2,1-2H3,(H2,11,12)/t;2*8-/m.10/s1. The number of hydrogen-bond donors (Lipinski definition) is 5. The minimum Gasteiger partial charge on any atom is -0.369 e. The number of primary amides is 3. The Labute approximate surface area is 222 Å². The van der Waals surface area contributed by atoms with E-state index in [0.29, 0.717) is 30.8 Å². The molecule has 8 nitrogen and oxygen atoms in total.